The van der Waals surface area contributed by atoms with Crippen molar-refractivity contribution in [3.05, 3.63) is 70.9 Å². The molecule has 1 aromatic heterocycles. The standard InChI is InChI=1S/C18H17ClN2/c1-12-11-16(19)18(15-9-6-10-20-17(12)15)21-13(2)14-7-4-3-5-8-14/h3-11,13,21H,1-2H3. The van der Waals surface area contributed by atoms with Crippen LogP contribution in [0.5, 0.6) is 0 Å². The van der Waals surface area contributed by atoms with E-state index >= 15 is 0 Å². The molecule has 0 fully saturated rings. The summed E-state index contributed by atoms with van der Waals surface area (Å²) in [6.07, 6.45) is 1.81. The maximum Gasteiger partial charge on any atom is 0.0752 e. The van der Waals surface area contributed by atoms with E-state index in [0.717, 1.165) is 27.2 Å². The van der Waals surface area contributed by atoms with E-state index < -0.39 is 0 Å². The van der Waals surface area contributed by atoms with Gasteiger partial charge in [0.25, 0.3) is 0 Å². The number of pyridine rings is 1. The minimum atomic E-state index is 0.176. The molecular formula is C18H17ClN2. The zero-order chi connectivity index (χ0) is 14.8. The molecule has 3 rings (SSSR count). The van der Waals surface area contributed by atoms with Crippen molar-refractivity contribution in [3.8, 4) is 0 Å². The fraction of sp³-hybridized carbons (Fsp3) is 0.167. The molecule has 0 amide bonds. The van der Waals surface area contributed by atoms with E-state index in [0.29, 0.717) is 0 Å². The summed E-state index contributed by atoms with van der Waals surface area (Å²) in [5, 5.41) is 5.32. The quantitative estimate of drug-likeness (QED) is 0.703. The monoisotopic (exact) mass is 296 g/mol. The Bertz CT molecular complexity index is 769. The Kier molecular flexibility index (Phi) is 3.80. The molecule has 0 aliphatic rings. The number of aryl methyl sites for hydroxylation is 1. The summed E-state index contributed by atoms with van der Waals surface area (Å²) < 4.78 is 0. The third kappa shape index (κ3) is 2.72. The van der Waals surface area contributed by atoms with Crippen molar-refractivity contribution in [2.24, 2.45) is 0 Å². The largest absolute Gasteiger partial charge is 0.377 e. The zero-order valence-corrected chi connectivity index (χ0v) is 12.9. The molecule has 106 valence electrons. The van der Waals surface area contributed by atoms with Crippen molar-refractivity contribution in [1.82, 2.24) is 4.98 Å². The molecule has 1 heterocycles. The minimum Gasteiger partial charge on any atom is -0.377 e. The van der Waals surface area contributed by atoms with E-state index in [1.807, 2.05) is 43.5 Å². The molecule has 0 bridgehead atoms. The Hall–Kier alpha value is -2.06. The molecule has 0 saturated heterocycles. The third-order valence-electron chi connectivity index (χ3n) is 3.69. The predicted octanol–water partition coefficient (Wildman–Crippen LogP) is 5.37. The molecule has 1 unspecified atom stereocenters. The van der Waals surface area contributed by atoms with Crippen LogP contribution in [-0.4, -0.2) is 4.98 Å². The Morgan fingerprint density at radius 2 is 1.86 bits per heavy atom. The van der Waals surface area contributed by atoms with Gasteiger partial charge in [0.15, 0.2) is 0 Å². The molecule has 1 atom stereocenters. The molecule has 3 aromatic rings. The smallest absolute Gasteiger partial charge is 0.0752 e. The molecule has 3 heteroatoms. The maximum atomic E-state index is 6.45. The van der Waals surface area contributed by atoms with Gasteiger partial charge in [-0.2, -0.15) is 0 Å². The molecule has 0 radical (unpaired) electrons. The Morgan fingerprint density at radius 1 is 1.10 bits per heavy atom. The van der Waals surface area contributed by atoms with Gasteiger partial charge >= 0.3 is 0 Å². The van der Waals surface area contributed by atoms with Crippen molar-refractivity contribution < 1.29 is 0 Å². The summed E-state index contributed by atoms with van der Waals surface area (Å²) in [5.41, 5.74) is 4.26. The van der Waals surface area contributed by atoms with Crippen LogP contribution in [0.3, 0.4) is 0 Å². The highest BCUT2D eigenvalue weighted by atomic mass is 35.5. The summed E-state index contributed by atoms with van der Waals surface area (Å²) in [6, 6.07) is 16.5. The number of benzene rings is 2. The van der Waals surface area contributed by atoms with Crippen molar-refractivity contribution >= 4 is 28.2 Å². The van der Waals surface area contributed by atoms with Gasteiger partial charge < -0.3 is 5.32 Å². The fourth-order valence-corrected chi connectivity index (χ4v) is 2.89. The maximum absolute atomic E-state index is 6.45. The number of aromatic nitrogens is 1. The van der Waals surface area contributed by atoms with E-state index in [1.165, 1.54) is 5.56 Å². The van der Waals surface area contributed by atoms with Gasteiger partial charge in [-0.3, -0.25) is 4.98 Å². The summed E-state index contributed by atoms with van der Waals surface area (Å²) in [4.78, 5) is 4.46. The number of nitrogens with one attached hydrogen (secondary N) is 1. The lowest BCUT2D eigenvalue weighted by atomic mass is 10.1. The van der Waals surface area contributed by atoms with Gasteiger partial charge in [0.1, 0.15) is 0 Å². The number of nitrogens with zero attached hydrogens (tertiary/aromatic N) is 1. The van der Waals surface area contributed by atoms with Crippen LogP contribution in [0.1, 0.15) is 24.1 Å². The second-order valence-electron chi connectivity index (χ2n) is 5.23. The van der Waals surface area contributed by atoms with E-state index in [-0.39, 0.29) is 6.04 Å². The molecule has 0 aliphatic heterocycles. The average Bonchev–Trinajstić information content (AvgIpc) is 2.52. The van der Waals surface area contributed by atoms with Gasteiger partial charge in [-0.15, -0.1) is 0 Å². The minimum absolute atomic E-state index is 0.176. The number of hydrogen-bond acceptors (Lipinski definition) is 2. The SMILES string of the molecule is Cc1cc(Cl)c(NC(C)c2ccccc2)c2cccnc12. The molecule has 0 saturated carbocycles. The van der Waals surface area contributed by atoms with Gasteiger partial charge in [-0.1, -0.05) is 41.9 Å². The van der Waals surface area contributed by atoms with Crippen LogP contribution in [0.4, 0.5) is 5.69 Å². The van der Waals surface area contributed by atoms with E-state index in [1.54, 1.807) is 0 Å². The number of hydrogen-bond donors (Lipinski definition) is 1. The Balaban J connectivity index is 2.05. The average molecular weight is 297 g/mol. The Labute approximate surface area is 129 Å². The van der Waals surface area contributed by atoms with Crippen molar-refractivity contribution in [2.45, 2.75) is 19.9 Å². The van der Waals surface area contributed by atoms with Crippen LogP contribution in [0.15, 0.2) is 54.7 Å². The zero-order valence-electron chi connectivity index (χ0n) is 12.1. The van der Waals surface area contributed by atoms with Crippen molar-refractivity contribution in [2.75, 3.05) is 5.32 Å². The molecular weight excluding hydrogens is 280 g/mol. The highest BCUT2D eigenvalue weighted by Gasteiger charge is 2.12. The highest BCUT2D eigenvalue weighted by Crippen LogP contribution is 2.34. The van der Waals surface area contributed by atoms with E-state index in [4.69, 9.17) is 11.6 Å². The van der Waals surface area contributed by atoms with Crippen LogP contribution in [0.25, 0.3) is 10.9 Å². The lowest BCUT2D eigenvalue weighted by Crippen LogP contribution is -2.07. The summed E-state index contributed by atoms with van der Waals surface area (Å²) in [5.74, 6) is 0. The summed E-state index contributed by atoms with van der Waals surface area (Å²) in [6.45, 7) is 4.17. The first kappa shape index (κ1) is 13.9. The predicted molar refractivity (Wildman–Crippen MR) is 90.0 cm³/mol. The Morgan fingerprint density at radius 3 is 2.62 bits per heavy atom. The topological polar surface area (TPSA) is 24.9 Å². The number of fused-ring (bicyclic) bond motifs is 1. The van der Waals surface area contributed by atoms with Gasteiger partial charge in [-0.05, 0) is 43.2 Å². The summed E-state index contributed by atoms with van der Waals surface area (Å²) >= 11 is 6.45. The number of rotatable bonds is 3. The van der Waals surface area contributed by atoms with Crippen LogP contribution < -0.4 is 5.32 Å². The van der Waals surface area contributed by atoms with Crippen LogP contribution in [0, 0.1) is 6.92 Å². The number of halogens is 1. The van der Waals surface area contributed by atoms with E-state index in [2.05, 4.69) is 35.4 Å². The van der Waals surface area contributed by atoms with Crippen molar-refractivity contribution in [3.63, 3.8) is 0 Å². The van der Waals surface area contributed by atoms with Crippen molar-refractivity contribution in [1.29, 1.82) is 0 Å². The third-order valence-corrected chi connectivity index (χ3v) is 3.99. The van der Waals surface area contributed by atoms with Crippen LogP contribution >= 0.6 is 11.6 Å². The lowest BCUT2D eigenvalue weighted by Gasteiger charge is -2.19. The molecule has 2 nitrogen and oxygen atoms in total. The van der Waals surface area contributed by atoms with Gasteiger partial charge in [-0.25, -0.2) is 0 Å². The lowest BCUT2D eigenvalue weighted by molar-refractivity contribution is 0.887. The molecule has 1 N–H and O–H groups in total. The van der Waals surface area contributed by atoms with Gasteiger partial charge in [0, 0.05) is 17.6 Å². The second kappa shape index (κ2) is 5.74. The van der Waals surface area contributed by atoms with E-state index in [9.17, 15) is 0 Å². The van der Waals surface area contributed by atoms with Gasteiger partial charge in [0.05, 0.1) is 16.2 Å². The molecule has 21 heavy (non-hydrogen) atoms. The first-order chi connectivity index (χ1) is 10.2. The normalized spacial score (nSPS) is 12.3. The highest BCUT2D eigenvalue weighted by molar-refractivity contribution is 6.35. The molecule has 0 aliphatic carbocycles. The molecule has 0 spiro atoms. The first-order valence-electron chi connectivity index (χ1n) is 7.02. The fourth-order valence-electron chi connectivity index (χ4n) is 2.57. The summed E-state index contributed by atoms with van der Waals surface area (Å²) in [7, 11) is 0. The number of anilines is 1. The second-order valence-corrected chi connectivity index (χ2v) is 5.63. The molecule has 2 aromatic carbocycles. The van der Waals surface area contributed by atoms with Crippen LogP contribution in [0.2, 0.25) is 5.02 Å². The first-order valence-corrected chi connectivity index (χ1v) is 7.40. The van der Waals surface area contributed by atoms with Crippen LogP contribution in [-0.2, 0) is 0 Å². The van der Waals surface area contributed by atoms with Gasteiger partial charge in [0.2, 0.25) is 0 Å².